The summed E-state index contributed by atoms with van der Waals surface area (Å²) in [5, 5.41) is 3.06. The van der Waals surface area contributed by atoms with E-state index in [0.29, 0.717) is 6.54 Å². The average Bonchev–Trinajstić information content (AvgIpc) is 2.28. The molecule has 0 aliphatic rings. The van der Waals surface area contributed by atoms with E-state index in [4.69, 9.17) is 4.74 Å². The highest BCUT2D eigenvalue weighted by atomic mass is 19.4. The summed E-state index contributed by atoms with van der Waals surface area (Å²) in [4.78, 5) is 0. The lowest BCUT2D eigenvalue weighted by atomic mass is 10.2. The first-order valence-corrected chi connectivity index (χ1v) is 5.55. The molecule has 0 unspecified atom stereocenters. The van der Waals surface area contributed by atoms with Gasteiger partial charge >= 0.3 is 6.18 Å². The molecule has 5 heteroatoms. The molecule has 0 heterocycles. The van der Waals surface area contributed by atoms with Crippen molar-refractivity contribution in [1.29, 1.82) is 0 Å². The first kappa shape index (κ1) is 13.8. The van der Waals surface area contributed by atoms with Gasteiger partial charge in [0.25, 0.3) is 0 Å². The molecule has 0 spiro atoms. The van der Waals surface area contributed by atoms with Gasteiger partial charge in [-0.15, -0.1) is 0 Å². The Hall–Kier alpha value is -1.23. The van der Waals surface area contributed by atoms with Gasteiger partial charge < -0.3 is 10.1 Å². The fourth-order valence-corrected chi connectivity index (χ4v) is 1.36. The molecule has 1 N–H and O–H groups in total. The van der Waals surface area contributed by atoms with Crippen LogP contribution in [0.1, 0.15) is 18.9 Å². The minimum absolute atomic E-state index is 0.113. The van der Waals surface area contributed by atoms with E-state index in [1.807, 2.05) is 6.92 Å². The molecule has 0 radical (unpaired) electrons. The summed E-state index contributed by atoms with van der Waals surface area (Å²) >= 11 is 0. The predicted octanol–water partition coefficient (Wildman–Crippen LogP) is 3.08. The maximum Gasteiger partial charge on any atom is 0.419 e. The number of hydrogen-bond acceptors (Lipinski definition) is 2. The van der Waals surface area contributed by atoms with Crippen molar-refractivity contribution in [2.24, 2.45) is 0 Å². The average molecular weight is 247 g/mol. The standard InChI is InChI=1S/C12H16F3NO/c1-2-7-16-8-9-17-11-6-4-3-5-10(11)12(13,14)15/h3-6,16H,2,7-9H2,1H3. The molecule has 0 aliphatic heterocycles. The maximum atomic E-state index is 12.6. The lowest BCUT2D eigenvalue weighted by Gasteiger charge is -2.13. The molecule has 1 aromatic carbocycles. The molecule has 96 valence electrons. The molecule has 0 saturated carbocycles. The van der Waals surface area contributed by atoms with Crippen LogP contribution in [0.4, 0.5) is 13.2 Å². The van der Waals surface area contributed by atoms with Crippen molar-refractivity contribution in [2.75, 3.05) is 19.7 Å². The summed E-state index contributed by atoms with van der Waals surface area (Å²) in [5.41, 5.74) is -0.726. The van der Waals surface area contributed by atoms with Gasteiger partial charge in [0, 0.05) is 6.54 Å². The van der Waals surface area contributed by atoms with Gasteiger partial charge in [0.05, 0.1) is 5.56 Å². The number of alkyl halides is 3. The van der Waals surface area contributed by atoms with E-state index in [-0.39, 0.29) is 12.4 Å². The number of nitrogens with one attached hydrogen (secondary N) is 1. The van der Waals surface area contributed by atoms with Gasteiger partial charge in [0.15, 0.2) is 0 Å². The molecule has 0 atom stereocenters. The summed E-state index contributed by atoms with van der Waals surface area (Å²) in [5.74, 6) is -0.113. The third kappa shape index (κ3) is 4.65. The number of rotatable bonds is 6. The van der Waals surface area contributed by atoms with Crippen LogP contribution in [0.2, 0.25) is 0 Å². The topological polar surface area (TPSA) is 21.3 Å². The van der Waals surface area contributed by atoms with Crippen LogP contribution in [0.25, 0.3) is 0 Å². The fourth-order valence-electron chi connectivity index (χ4n) is 1.36. The molecule has 0 fully saturated rings. The Morgan fingerprint density at radius 3 is 2.53 bits per heavy atom. The first-order chi connectivity index (χ1) is 8.05. The summed E-state index contributed by atoms with van der Waals surface area (Å²) < 4.78 is 42.9. The van der Waals surface area contributed by atoms with Crippen LogP contribution in [-0.2, 0) is 6.18 Å². The third-order valence-electron chi connectivity index (χ3n) is 2.16. The number of para-hydroxylation sites is 1. The van der Waals surface area contributed by atoms with Crippen molar-refractivity contribution in [3.63, 3.8) is 0 Å². The predicted molar refractivity (Wildman–Crippen MR) is 60.1 cm³/mol. The highest BCUT2D eigenvalue weighted by Gasteiger charge is 2.33. The molecular formula is C12H16F3NO. The van der Waals surface area contributed by atoms with Crippen molar-refractivity contribution in [3.8, 4) is 5.75 Å². The molecule has 0 aromatic heterocycles. The van der Waals surface area contributed by atoms with Gasteiger partial charge in [0.2, 0.25) is 0 Å². The van der Waals surface area contributed by atoms with Crippen molar-refractivity contribution in [1.82, 2.24) is 5.32 Å². The van der Waals surface area contributed by atoms with Crippen molar-refractivity contribution in [3.05, 3.63) is 29.8 Å². The van der Waals surface area contributed by atoms with Crippen LogP contribution in [0.15, 0.2) is 24.3 Å². The number of ether oxygens (including phenoxy) is 1. The zero-order valence-electron chi connectivity index (χ0n) is 9.68. The fraction of sp³-hybridized carbons (Fsp3) is 0.500. The second-order valence-corrected chi connectivity index (χ2v) is 3.59. The quantitative estimate of drug-likeness (QED) is 0.780. The first-order valence-electron chi connectivity index (χ1n) is 5.55. The second-order valence-electron chi connectivity index (χ2n) is 3.59. The molecule has 0 aliphatic carbocycles. The van der Waals surface area contributed by atoms with Gasteiger partial charge in [-0.25, -0.2) is 0 Å². The van der Waals surface area contributed by atoms with E-state index in [9.17, 15) is 13.2 Å². The van der Waals surface area contributed by atoms with E-state index in [1.165, 1.54) is 18.2 Å². The van der Waals surface area contributed by atoms with Crippen LogP contribution in [0.5, 0.6) is 5.75 Å². The number of benzene rings is 1. The Bertz CT molecular complexity index is 339. The van der Waals surface area contributed by atoms with E-state index in [1.54, 1.807) is 0 Å². The SMILES string of the molecule is CCCNCCOc1ccccc1C(F)(F)F. The Morgan fingerprint density at radius 1 is 1.18 bits per heavy atom. The van der Waals surface area contributed by atoms with Crippen molar-refractivity contribution >= 4 is 0 Å². The highest BCUT2D eigenvalue weighted by Crippen LogP contribution is 2.35. The summed E-state index contributed by atoms with van der Waals surface area (Å²) in [6.07, 6.45) is -3.38. The van der Waals surface area contributed by atoms with E-state index >= 15 is 0 Å². The smallest absolute Gasteiger partial charge is 0.419 e. The zero-order valence-corrected chi connectivity index (χ0v) is 9.68. The second kappa shape index (κ2) is 6.49. The summed E-state index contributed by atoms with van der Waals surface area (Å²) in [6.45, 7) is 3.63. The minimum Gasteiger partial charge on any atom is -0.492 e. The number of halogens is 3. The Balaban J connectivity index is 2.53. The Morgan fingerprint density at radius 2 is 1.88 bits per heavy atom. The molecule has 2 nitrogen and oxygen atoms in total. The van der Waals surface area contributed by atoms with Crippen LogP contribution in [0.3, 0.4) is 0 Å². The molecule has 0 bridgehead atoms. The van der Waals surface area contributed by atoms with Crippen LogP contribution in [-0.4, -0.2) is 19.7 Å². The number of hydrogen-bond donors (Lipinski definition) is 1. The van der Waals surface area contributed by atoms with Crippen LogP contribution < -0.4 is 10.1 Å². The van der Waals surface area contributed by atoms with Gasteiger partial charge in [0.1, 0.15) is 12.4 Å². The van der Waals surface area contributed by atoms with Gasteiger partial charge in [-0.3, -0.25) is 0 Å². The largest absolute Gasteiger partial charge is 0.492 e. The van der Waals surface area contributed by atoms with Crippen molar-refractivity contribution in [2.45, 2.75) is 19.5 Å². The summed E-state index contributed by atoms with van der Waals surface area (Å²) in [6, 6.07) is 5.24. The Kier molecular flexibility index (Phi) is 5.28. The third-order valence-corrected chi connectivity index (χ3v) is 2.16. The maximum absolute atomic E-state index is 12.6. The van der Waals surface area contributed by atoms with Crippen LogP contribution in [0, 0.1) is 0 Å². The van der Waals surface area contributed by atoms with E-state index in [2.05, 4.69) is 5.32 Å². The lowest BCUT2D eigenvalue weighted by molar-refractivity contribution is -0.138. The van der Waals surface area contributed by atoms with Crippen molar-refractivity contribution < 1.29 is 17.9 Å². The van der Waals surface area contributed by atoms with E-state index < -0.39 is 11.7 Å². The van der Waals surface area contributed by atoms with Gasteiger partial charge in [-0.1, -0.05) is 19.1 Å². The molecule has 17 heavy (non-hydrogen) atoms. The normalized spacial score (nSPS) is 11.5. The molecule has 0 saturated heterocycles. The molecular weight excluding hydrogens is 231 g/mol. The lowest BCUT2D eigenvalue weighted by Crippen LogP contribution is -2.22. The van der Waals surface area contributed by atoms with E-state index in [0.717, 1.165) is 19.0 Å². The summed E-state index contributed by atoms with van der Waals surface area (Å²) in [7, 11) is 0. The van der Waals surface area contributed by atoms with Gasteiger partial charge in [-0.05, 0) is 25.1 Å². The molecule has 1 rings (SSSR count). The van der Waals surface area contributed by atoms with Gasteiger partial charge in [-0.2, -0.15) is 13.2 Å². The van der Waals surface area contributed by atoms with Crippen LogP contribution >= 0.6 is 0 Å². The molecule has 1 aromatic rings. The minimum atomic E-state index is -4.37. The Labute approximate surface area is 98.8 Å². The highest BCUT2D eigenvalue weighted by molar-refractivity contribution is 5.35. The zero-order chi connectivity index (χ0) is 12.7. The monoisotopic (exact) mass is 247 g/mol. The molecule has 0 amide bonds.